The number of rotatable bonds is 1. The van der Waals surface area contributed by atoms with Gasteiger partial charge in [0.15, 0.2) is 0 Å². The van der Waals surface area contributed by atoms with Crippen molar-refractivity contribution >= 4 is 29.1 Å². The molecule has 2 heterocycles. The van der Waals surface area contributed by atoms with E-state index in [9.17, 15) is 0 Å². The van der Waals surface area contributed by atoms with Gasteiger partial charge in [0.1, 0.15) is 0 Å². The quantitative estimate of drug-likeness (QED) is 0.0779. The van der Waals surface area contributed by atoms with Crippen LogP contribution in [0.25, 0.3) is 0 Å². The van der Waals surface area contributed by atoms with Gasteiger partial charge >= 0.3 is 51.4 Å². The summed E-state index contributed by atoms with van der Waals surface area (Å²) in [4.78, 5) is 13.2. The van der Waals surface area contributed by atoms with Crippen LogP contribution >= 0.6 is 22.6 Å². The molecule has 0 atom stereocenters. The van der Waals surface area contributed by atoms with Crippen molar-refractivity contribution in [3.05, 3.63) is 0 Å². The number of aliphatic hydroxyl groups excluding tert-OH is 1. The zero-order valence-corrected chi connectivity index (χ0v) is 37.0. The summed E-state index contributed by atoms with van der Waals surface area (Å²) in [6.45, 7) is 5.38. The number of halogens is 2. The summed E-state index contributed by atoms with van der Waals surface area (Å²) in [5.41, 5.74) is 0. The standard InChI is InChI=1S/2C10H22N.C9H18.CH3I.CH2O3.CH4O.HI.K.2H2O/c2*1-11(2)9-7-5-3-4-6-8-10-11;1-2-4-6-8-9-7-5-3-1;1-2;2-1-4-3;1-2;;;;/h2*3-10H2,1-2H3;1-9H2;1H3;1,3H;2H,1H3;1H;;2*1H2/q2*+1;;;;;;+1;;/p-3. The van der Waals surface area contributed by atoms with E-state index in [-0.39, 0.29) is 92.8 Å². The maximum absolute atomic E-state index is 8.64. The number of hydrogen-bond donors (Lipinski definition) is 1. The van der Waals surface area contributed by atoms with Gasteiger partial charge in [0, 0.05) is 7.11 Å². The van der Waals surface area contributed by atoms with Gasteiger partial charge in [-0.2, -0.15) is 0 Å². The van der Waals surface area contributed by atoms with Crippen LogP contribution in [0.4, 0.5) is 0 Å². The maximum Gasteiger partial charge on any atom is 1.00 e. The van der Waals surface area contributed by atoms with E-state index >= 15 is 0 Å². The zero-order valence-electron chi connectivity index (χ0n) is 29.5. The Morgan fingerprint density at radius 1 is 0.535 bits per heavy atom. The van der Waals surface area contributed by atoms with Gasteiger partial charge in [0.05, 0.1) is 54.4 Å². The molecule has 4 N–H and O–H groups in total. The number of alkyl halides is 1. The van der Waals surface area contributed by atoms with E-state index in [2.05, 4.69) is 55.7 Å². The van der Waals surface area contributed by atoms with E-state index in [1.54, 1.807) is 0 Å². The Kier molecular flexibility index (Phi) is 68.7. The monoisotopic (exact) mass is 874 g/mol. The molecule has 3 rings (SSSR count). The third-order valence-electron chi connectivity index (χ3n) is 7.84. The van der Waals surface area contributed by atoms with Crippen LogP contribution in [-0.2, 0) is 9.68 Å². The van der Waals surface area contributed by atoms with Crippen LogP contribution in [-0.4, -0.2) is 97.9 Å². The largest absolute Gasteiger partial charge is 1.00 e. The molecule has 0 bridgehead atoms. The first-order valence-corrected chi connectivity index (χ1v) is 18.2. The van der Waals surface area contributed by atoms with Gasteiger partial charge in [0.2, 0.25) is 0 Å². The van der Waals surface area contributed by atoms with Crippen LogP contribution in [0.1, 0.15) is 135 Å². The van der Waals surface area contributed by atoms with Crippen molar-refractivity contribution in [1.82, 2.24) is 0 Å². The molecule has 2 aliphatic heterocycles. The van der Waals surface area contributed by atoms with Crippen LogP contribution in [0.3, 0.4) is 0 Å². The Morgan fingerprint density at radius 2 is 0.651 bits per heavy atom. The van der Waals surface area contributed by atoms with Crippen LogP contribution in [0.5, 0.6) is 0 Å². The van der Waals surface area contributed by atoms with Gasteiger partial charge in [-0.25, -0.2) is 0 Å². The Bertz CT molecular complexity index is 403. The van der Waals surface area contributed by atoms with E-state index in [0.717, 1.165) is 7.11 Å². The molecule has 11 heteroatoms. The van der Waals surface area contributed by atoms with Crippen molar-refractivity contribution in [1.29, 1.82) is 0 Å². The van der Waals surface area contributed by atoms with E-state index in [0.29, 0.717) is 0 Å². The molecule has 3 aliphatic rings. The molecule has 0 aromatic carbocycles. The van der Waals surface area contributed by atoms with Crippen molar-refractivity contribution in [2.24, 2.45) is 0 Å². The summed E-state index contributed by atoms with van der Waals surface area (Å²) < 4.78 is 2.50. The summed E-state index contributed by atoms with van der Waals surface area (Å²) in [5.74, 6) is 0. The predicted molar refractivity (Wildman–Crippen MR) is 181 cm³/mol. The maximum atomic E-state index is 8.64. The SMILES string of the molecule is C1CCCCCCCC1.CI.CO.C[N+]1(C)CCCCCCCC1.C[N+]1(C)CCCCCCCC1.O.O=CO[O-].[I-].[K+].[OH-]. The summed E-state index contributed by atoms with van der Waals surface area (Å²) in [5, 5.41) is 15.4. The fourth-order valence-electron chi connectivity index (χ4n) is 5.39. The van der Waals surface area contributed by atoms with Crippen molar-refractivity contribution in [2.75, 3.05) is 66.4 Å². The normalized spacial score (nSPS) is 19.5. The first kappa shape index (κ1) is 60.6. The van der Waals surface area contributed by atoms with E-state index in [1.807, 2.05) is 4.93 Å². The number of nitrogens with zero attached hydrogens (tertiary/aromatic N) is 2. The Hall–Kier alpha value is 2.33. The Labute approximate surface area is 341 Å². The first-order valence-electron chi connectivity index (χ1n) is 16.0. The fraction of sp³-hybridized carbons (Fsp3) is 0.969. The minimum absolute atomic E-state index is 0. The minimum Gasteiger partial charge on any atom is -1.00 e. The van der Waals surface area contributed by atoms with Gasteiger partial charge in [-0.1, -0.05) is 106 Å². The molecule has 0 radical (unpaired) electrons. The van der Waals surface area contributed by atoms with Crippen molar-refractivity contribution < 1.29 is 115 Å². The van der Waals surface area contributed by atoms with Gasteiger partial charge in [-0.3, -0.25) is 4.79 Å². The third kappa shape index (κ3) is 54.1. The molecule has 3 fully saturated rings. The van der Waals surface area contributed by atoms with Crippen LogP contribution in [0.2, 0.25) is 0 Å². The van der Waals surface area contributed by atoms with Gasteiger partial charge in [-0.15, -0.1) is 0 Å². The average Bonchev–Trinajstić information content (AvgIpc) is 3.21. The molecule has 0 amide bonds. The van der Waals surface area contributed by atoms with Gasteiger partial charge in [-0.05, 0) is 56.3 Å². The average molecular weight is 875 g/mol. The molecular formula is C32H73I2KN2O6. The van der Waals surface area contributed by atoms with Crippen LogP contribution in [0, 0.1) is 0 Å². The molecule has 1 aliphatic carbocycles. The van der Waals surface area contributed by atoms with E-state index in [4.69, 9.17) is 15.2 Å². The van der Waals surface area contributed by atoms with Crippen molar-refractivity contribution in [3.8, 4) is 0 Å². The molecule has 8 nitrogen and oxygen atoms in total. The predicted octanol–water partition coefficient (Wildman–Crippen LogP) is 0.446. The summed E-state index contributed by atoms with van der Waals surface area (Å²) >= 11 is 2.15. The van der Waals surface area contributed by atoms with Crippen molar-refractivity contribution in [2.45, 2.75) is 135 Å². The number of carbonyl (C=O) groups excluding carboxylic acids is 1. The molecule has 43 heavy (non-hydrogen) atoms. The second kappa shape index (κ2) is 48.7. The first-order chi connectivity index (χ1) is 18.8. The van der Waals surface area contributed by atoms with Crippen LogP contribution < -0.4 is 80.6 Å². The molecular weight excluding hydrogens is 801 g/mol. The summed E-state index contributed by atoms with van der Waals surface area (Å²) in [7, 11) is 10.5. The van der Waals surface area contributed by atoms with Crippen LogP contribution in [0.15, 0.2) is 0 Å². The fourth-order valence-corrected chi connectivity index (χ4v) is 5.39. The van der Waals surface area contributed by atoms with Gasteiger partial charge in [0.25, 0.3) is 6.47 Å². The molecule has 1 saturated carbocycles. The number of carbonyl (C=O) groups is 1. The number of hydrogen-bond acceptors (Lipinski definition) is 5. The van der Waals surface area contributed by atoms with E-state index in [1.165, 1.54) is 170 Å². The molecule has 262 valence electrons. The third-order valence-corrected chi connectivity index (χ3v) is 7.84. The number of quaternary nitrogens is 2. The summed E-state index contributed by atoms with van der Waals surface area (Å²) in [6.07, 6.45) is 31.0. The zero-order chi connectivity index (χ0) is 30.1. The Morgan fingerprint density at radius 3 is 0.767 bits per heavy atom. The molecule has 0 spiro atoms. The molecule has 0 aromatic heterocycles. The topological polar surface area (TPSA) is 131 Å². The second-order valence-electron chi connectivity index (χ2n) is 12.4. The number of aliphatic hydroxyl groups is 1. The van der Waals surface area contributed by atoms with Crippen molar-refractivity contribution in [3.63, 3.8) is 0 Å². The molecule has 0 unspecified atom stereocenters. The summed E-state index contributed by atoms with van der Waals surface area (Å²) in [6, 6.07) is 0. The van der Waals surface area contributed by atoms with Gasteiger partial charge < -0.3 is 59.1 Å². The molecule has 0 aromatic rings. The molecule has 2 saturated heterocycles. The van der Waals surface area contributed by atoms with E-state index < -0.39 is 0 Å². The smallest absolute Gasteiger partial charge is 1.00 e. The second-order valence-corrected chi connectivity index (χ2v) is 12.4. The Balaban J connectivity index is -0.0000000776. The minimum atomic E-state index is -0.181.